The van der Waals surface area contributed by atoms with E-state index in [4.69, 9.17) is 24.4 Å². The zero-order chi connectivity index (χ0) is 17.4. The van der Waals surface area contributed by atoms with E-state index in [2.05, 4.69) is 59.8 Å². The summed E-state index contributed by atoms with van der Waals surface area (Å²) in [7, 11) is 0. The van der Waals surface area contributed by atoms with Gasteiger partial charge in [-0.15, -0.1) is 0 Å². The maximum atomic E-state index is 5.30. The van der Waals surface area contributed by atoms with E-state index in [1.165, 1.54) is 11.1 Å². The minimum Gasteiger partial charge on any atom is -0.309 e. The molecule has 0 amide bonds. The third-order valence-corrected chi connectivity index (χ3v) is 4.35. The fraction of sp³-hybridized carbons (Fsp3) is 0.222. The summed E-state index contributed by atoms with van der Waals surface area (Å²) in [4.78, 5) is 0.890. The zero-order valence-electron chi connectivity index (χ0n) is 13.7. The Labute approximate surface area is 154 Å². The second kappa shape index (κ2) is 9.44. The molecule has 24 heavy (non-hydrogen) atoms. The zero-order valence-corrected chi connectivity index (χ0v) is 15.4. The second-order valence-electron chi connectivity index (χ2n) is 5.46. The van der Waals surface area contributed by atoms with Crippen LogP contribution in [0.2, 0.25) is 0 Å². The first kappa shape index (κ1) is 18.5. The molecule has 2 unspecified atom stereocenters. The molecule has 2 aromatic carbocycles. The molecule has 0 bridgehead atoms. The maximum absolute atomic E-state index is 5.30. The Morgan fingerprint density at radius 1 is 0.667 bits per heavy atom. The lowest BCUT2D eigenvalue weighted by atomic mass is 10.1. The monoisotopic (exact) mass is 358 g/mol. The molecule has 2 aromatic rings. The Balaban J connectivity index is 1.75. The summed E-state index contributed by atoms with van der Waals surface area (Å²) < 4.78 is 0. The van der Waals surface area contributed by atoms with Crippen molar-refractivity contribution >= 4 is 34.4 Å². The summed E-state index contributed by atoms with van der Waals surface area (Å²) in [6, 6.07) is 20.5. The van der Waals surface area contributed by atoms with Crippen LogP contribution in [0.25, 0.3) is 0 Å². The van der Waals surface area contributed by atoms with Crippen LogP contribution >= 0.6 is 24.4 Å². The van der Waals surface area contributed by atoms with Crippen LogP contribution < -0.4 is 21.7 Å². The number of hydrogen-bond donors (Lipinski definition) is 4. The van der Waals surface area contributed by atoms with Gasteiger partial charge in [0.05, 0.1) is 0 Å². The highest BCUT2D eigenvalue weighted by molar-refractivity contribution is 7.89. The van der Waals surface area contributed by atoms with Crippen LogP contribution in [0.15, 0.2) is 60.7 Å². The Kier molecular flexibility index (Phi) is 7.27. The van der Waals surface area contributed by atoms with Crippen LogP contribution in [0, 0.1) is 0 Å². The van der Waals surface area contributed by atoms with E-state index in [9.17, 15) is 0 Å². The highest BCUT2D eigenvalue weighted by Gasteiger charge is 2.09. The molecule has 0 heterocycles. The molecule has 0 saturated carbocycles. The van der Waals surface area contributed by atoms with Crippen molar-refractivity contribution in [2.24, 2.45) is 0 Å². The molecule has 0 aliphatic heterocycles. The Morgan fingerprint density at radius 3 is 1.33 bits per heavy atom. The van der Waals surface area contributed by atoms with Crippen LogP contribution in [0.4, 0.5) is 0 Å². The van der Waals surface area contributed by atoms with E-state index in [0.717, 1.165) is 0 Å². The Hall–Kier alpha value is -1.86. The second-order valence-corrected chi connectivity index (χ2v) is 6.28. The van der Waals surface area contributed by atoms with Crippen molar-refractivity contribution < 1.29 is 0 Å². The van der Waals surface area contributed by atoms with Crippen LogP contribution in [0.5, 0.6) is 0 Å². The van der Waals surface area contributed by atoms with Crippen molar-refractivity contribution in [3.63, 3.8) is 0 Å². The summed E-state index contributed by atoms with van der Waals surface area (Å²) in [5.41, 5.74) is 14.6. The van der Waals surface area contributed by atoms with E-state index in [-0.39, 0.29) is 12.1 Å². The fourth-order valence-corrected chi connectivity index (χ4v) is 2.33. The van der Waals surface area contributed by atoms with Crippen molar-refractivity contribution in [1.29, 1.82) is 0 Å². The van der Waals surface area contributed by atoms with E-state index >= 15 is 0 Å². The summed E-state index contributed by atoms with van der Waals surface area (Å²) in [5, 5.41) is 0. The first-order valence-corrected chi connectivity index (χ1v) is 8.61. The highest BCUT2D eigenvalue weighted by atomic mass is 32.1. The van der Waals surface area contributed by atoms with Crippen molar-refractivity contribution in [3.8, 4) is 0 Å². The minimum atomic E-state index is 0.114. The number of nitrogens with one attached hydrogen (secondary N) is 4. The third-order valence-electron chi connectivity index (χ3n) is 3.61. The highest BCUT2D eigenvalue weighted by Crippen LogP contribution is 2.10. The van der Waals surface area contributed by atoms with Crippen molar-refractivity contribution in [3.05, 3.63) is 71.8 Å². The van der Waals surface area contributed by atoms with Crippen molar-refractivity contribution in [2.75, 3.05) is 0 Å². The Morgan fingerprint density at radius 2 is 1.00 bits per heavy atom. The molecular weight excluding hydrogens is 336 g/mol. The summed E-state index contributed by atoms with van der Waals surface area (Å²) >= 11 is 10.6. The average molecular weight is 359 g/mol. The predicted octanol–water partition coefficient (Wildman–Crippen LogP) is 3.35. The molecule has 6 heteroatoms. The third kappa shape index (κ3) is 5.65. The molecule has 4 N–H and O–H groups in total. The first-order chi connectivity index (χ1) is 11.6. The van der Waals surface area contributed by atoms with Gasteiger partial charge in [0.1, 0.15) is 9.98 Å². The number of hydrazine groups is 2. The molecule has 0 saturated heterocycles. The van der Waals surface area contributed by atoms with Gasteiger partial charge in [0, 0.05) is 12.1 Å². The lowest BCUT2D eigenvalue weighted by Gasteiger charge is -2.19. The normalized spacial score (nSPS) is 12.9. The Bertz CT molecular complexity index is 602. The van der Waals surface area contributed by atoms with Gasteiger partial charge in [-0.1, -0.05) is 85.1 Å². The van der Waals surface area contributed by atoms with Gasteiger partial charge in [0.2, 0.25) is 0 Å². The van der Waals surface area contributed by atoms with Crippen LogP contribution in [-0.4, -0.2) is 9.98 Å². The fourth-order valence-electron chi connectivity index (χ4n) is 2.11. The molecule has 0 aromatic heterocycles. The predicted molar refractivity (Wildman–Crippen MR) is 107 cm³/mol. The molecule has 0 aliphatic rings. The van der Waals surface area contributed by atoms with E-state index < -0.39 is 0 Å². The molecule has 4 nitrogen and oxygen atoms in total. The lowest BCUT2D eigenvalue weighted by molar-refractivity contribution is 0.539. The van der Waals surface area contributed by atoms with Gasteiger partial charge in [-0.3, -0.25) is 0 Å². The lowest BCUT2D eigenvalue weighted by Crippen LogP contribution is -2.49. The van der Waals surface area contributed by atoms with Gasteiger partial charge in [0.25, 0.3) is 0 Å². The van der Waals surface area contributed by atoms with Gasteiger partial charge < -0.3 is 10.9 Å². The van der Waals surface area contributed by atoms with E-state index in [0.29, 0.717) is 9.98 Å². The summed E-state index contributed by atoms with van der Waals surface area (Å²) in [6.45, 7) is 4.11. The molecular formula is C18H22N4S2. The van der Waals surface area contributed by atoms with Gasteiger partial charge in [-0.05, 0) is 25.0 Å². The smallest absolute Gasteiger partial charge is 0.149 e. The molecule has 0 aliphatic carbocycles. The van der Waals surface area contributed by atoms with Gasteiger partial charge >= 0.3 is 0 Å². The maximum Gasteiger partial charge on any atom is 0.149 e. The standard InChI is InChI=1S/C18H22N4S2/c1-13(15-9-5-3-6-10-15)19-21-17(23)18(24)22-20-14(2)16-11-7-4-8-12-16/h3-14,19-20H,1-2H3,(H,21,23)(H,22,24). The average Bonchev–Trinajstić information content (AvgIpc) is 2.64. The summed E-state index contributed by atoms with van der Waals surface area (Å²) in [5.74, 6) is 0. The van der Waals surface area contributed by atoms with Gasteiger partial charge in [-0.25, -0.2) is 10.9 Å². The SMILES string of the molecule is CC(NNC(=S)C(=S)NNC(C)c1ccccc1)c1ccccc1. The van der Waals surface area contributed by atoms with Crippen molar-refractivity contribution in [1.82, 2.24) is 21.7 Å². The molecule has 0 spiro atoms. The molecule has 126 valence electrons. The number of thiocarbonyl (C=S) groups is 2. The topological polar surface area (TPSA) is 48.1 Å². The summed E-state index contributed by atoms with van der Waals surface area (Å²) in [6.07, 6.45) is 0. The van der Waals surface area contributed by atoms with Crippen LogP contribution in [0.3, 0.4) is 0 Å². The van der Waals surface area contributed by atoms with Crippen molar-refractivity contribution in [2.45, 2.75) is 25.9 Å². The molecule has 2 atom stereocenters. The van der Waals surface area contributed by atoms with E-state index in [1.807, 2.05) is 36.4 Å². The van der Waals surface area contributed by atoms with Crippen LogP contribution in [0.1, 0.15) is 37.1 Å². The van der Waals surface area contributed by atoms with Crippen LogP contribution in [-0.2, 0) is 0 Å². The minimum absolute atomic E-state index is 0.114. The number of hydrogen-bond acceptors (Lipinski definition) is 4. The number of rotatable bonds is 6. The molecule has 0 fully saturated rings. The molecule has 2 rings (SSSR count). The van der Waals surface area contributed by atoms with Gasteiger partial charge in [0.15, 0.2) is 0 Å². The first-order valence-electron chi connectivity index (χ1n) is 7.79. The number of benzene rings is 2. The quantitative estimate of drug-likeness (QED) is 0.469. The largest absolute Gasteiger partial charge is 0.309 e. The van der Waals surface area contributed by atoms with Gasteiger partial charge in [-0.2, -0.15) is 0 Å². The van der Waals surface area contributed by atoms with E-state index in [1.54, 1.807) is 0 Å². The molecule has 0 radical (unpaired) electrons.